The Kier molecular flexibility index (Phi) is 7.03. The molecule has 0 aliphatic carbocycles. The van der Waals surface area contributed by atoms with E-state index in [0.717, 1.165) is 4.68 Å². The van der Waals surface area contributed by atoms with Crippen molar-refractivity contribution in [3.8, 4) is 11.5 Å². The number of anilines is 1. The second-order valence-corrected chi connectivity index (χ2v) is 6.69. The van der Waals surface area contributed by atoms with Gasteiger partial charge < -0.3 is 19.5 Å². The number of carbonyl (C=O) groups is 2. The van der Waals surface area contributed by atoms with Gasteiger partial charge in [0.2, 0.25) is 0 Å². The summed E-state index contributed by atoms with van der Waals surface area (Å²) in [6.45, 7) is -0.553. The van der Waals surface area contributed by atoms with Gasteiger partial charge in [0.25, 0.3) is 11.5 Å². The van der Waals surface area contributed by atoms with Crippen LogP contribution in [0, 0.1) is 0 Å². The summed E-state index contributed by atoms with van der Waals surface area (Å²) in [4.78, 5) is 36.5. The number of ether oxygens (including phenoxy) is 3. The first-order valence-corrected chi connectivity index (χ1v) is 9.50. The van der Waals surface area contributed by atoms with E-state index in [1.807, 2.05) is 0 Å². The highest BCUT2D eigenvalue weighted by molar-refractivity contribution is 6.32. The van der Waals surface area contributed by atoms with Gasteiger partial charge in [-0.3, -0.25) is 14.4 Å². The first kappa shape index (κ1) is 22.0. The number of nitrogens with zero attached hydrogens (tertiary/aromatic N) is 3. The SMILES string of the molecule is COc1cc(OC)c(NC(=O)COC(=O)CCn2nnc3ccccc3c2=O)cc1Cl. The topological polar surface area (TPSA) is 122 Å². The summed E-state index contributed by atoms with van der Waals surface area (Å²) in [5.74, 6) is -0.544. The van der Waals surface area contributed by atoms with Crippen LogP contribution in [-0.4, -0.2) is 47.7 Å². The molecule has 0 unspecified atom stereocenters. The minimum Gasteiger partial charge on any atom is -0.495 e. The predicted molar refractivity (Wildman–Crippen MR) is 113 cm³/mol. The minimum atomic E-state index is -0.670. The predicted octanol–water partition coefficient (Wildman–Crippen LogP) is 2.03. The molecular formula is C20H19ClN4O6. The third-order valence-electron chi connectivity index (χ3n) is 4.27. The molecule has 3 aromatic rings. The molecule has 10 nitrogen and oxygen atoms in total. The van der Waals surface area contributed by atoms with Gasteiger partial charge in [0.05, 0.1) is 43.3 Å². The molecule has 0 fully saturated rings. The molecule has 1 N–H and O–H groups in total. The molecular weight excluding hydrogens is 428 g/mol. The maximum atomic E-state index is 12.4. The Hall–Kier alpha value is -3.66. The number of rotatable bonds is 8. The fourth-order valence-corrected chi connectivity index (χ4v) is 2.97. The molecule has 162 valence electrons. The Morgan fingerprint density at radius 1 is 1.13 bits per heavy atom. The van der Waals surface area contributed by atoms with Gasteiger partial charge in [0.1, 0.15) is 17.0 Å². The van der Waals surface area contributed by atoms with Gasteiger partial charge >= 0.3 is 5.97 Å². The monoisotopic (exact) mass is 446 g/mol. The van der Waals surface area contributed by atoms with Crippen molar-refractivity contribution < 1.29 is 23.8 Å². The largest absolute Gasteiger partial charge is 0.495 e. The fourth-order valence-electron chi connectivity index (χ4n) is 2.73. The third-order valence-corrected chi connectivity index (χ3v) is 4.56. The van der Waals surface area contributed by atoms with E-state index in [4.69, 9.17) is 25.8 Å². The highest BCUT2D eigenvalue weighted by Gasteiger charge is 2.14. The van der Waals surface area contributed by atoms with Crippen molar-refractivity contribution in [1.29, 1.82) is 0 Å². The molecule has 3 rings (SSSR count). The lowest BCUT2D eigenvalue weighted by atomic mass is 10.2. The van der Waals surface area contributed by atoms with Gasteiger partial charge in [-0.05, 0) is 18.2 Å². The summed E-state index contributed by atoms with van der Waals surface area (Å²) in [7, 11) is 2.88. The summed E-state index contributed by atoms with van der Waals surface area (Å²) < 4.78 is 16.3. The Bertz CT molecular complexity index is 1180. The Morgan fingerprint density at radius 2 is 1.87 bits per heavy atom. The van der Waals surface area contributed by atoms with Gasteiger partial charge in [0, 0.05) is 6.07 Å². The molecule has 0 aliphatic heterocycles. The number of nitrogens with one attached hydrogen (secondary N) is 1. The molecule has 0 aliphatic rings. The maximum Gasteiger partial charge on any atom is 0.308 e. The lowest BCUT2D eigenvalue weighted by Crippen LogP contribution is -2.26. The molecule has 0 saturated carbocycles. The van der Waals surface area contributed by atoms with Crippen LogP contribution in [0.15, 0.2) is 41.2 Å². The van der Waals surface area contributed by atoms with E-state index in [9.17, 15) is 14.4 Å². The molecule has 31 heavy (non-hydrogen) atoms. The van der Waals surface area contributed by atoms with Crippen molar-refractivity contribution in [3.63, 3.8) is 0 Å². The van der Waals surface area contributed by atoms with Crippen molar-refractivity contribution in [3.05, 3.63) is 51.8 Å². The summed E-state index contributed by atoms with van der Waals surface area (Å²) in [5.41, 5.74) is 0.407. The summed E-state index contributed by atoms with van der Waals surface area (Å²) in [6.07, 6.45) is -0.155. The zero-order valence-corrected chi connectivity index (χ0v) is 17.5. The summed E-state index contributed by atoms with van der Waals surface area (Å²) in [5, 5.41) is 11.0. The number of carbonyl (C=O) groups excluding carboxylic acids is 2. The summed E-state index contributed by atoms with van der Waals surface area (Å²) >= 11 is 6.06. The molecule has 11 heteroatoms. The van der Waals surface area contributed by atoms with E-state index < -0.39 is 18.5 Å². The number of benzene rings is 2. The van der Waals surface area contributed by atoms with E-state index in [1.54, 1.807) is 24.3 Å². The van der Waals surface area contributed by atoms with Crippen LogP contribution >= 0.6 is 11.6 Å². The van der Waals surface area contributed by atoms with Crippen LogP contribution in [0.5, 0.6) is 11.5 Å². The number of fused-ring (bicyclic) bond motifs is 1. The van der Waals surface area contributed by atoms with Crippen molar-refractivity contribution >= 4 is 40.1 Å². The molecule has 2 aromatic carbocycles. The molecule has 0 atom stereocenters. The van der Waals surface area contributed by atoms with Crippen molar-refractivity contribution in [2.45, 2.75) is 13.0 Å². The second-order valence-electron chi connectivity index (χ2n) is 6.28. The number of aromatic nitrogens is 3. The molecule has 0 saturated heterocycles. The lowest BCUT2D eigenvalue weighted by Gasteiger charge is -2.13. The number of hydrogen-bond acceptors (Lipinski definition) is 8. The first-order valence-electron chi connectivity index (χ1n) is 9.12. The third kappa shape index (κ3) is 5.28. The van der Waals surface area contributed by atoms with Gasteiger partial charge in [-0.2, -0.15) is 0 Å². The molecule has 1 amide bonds. The van der Waals surface area contributed by atoms with Crippen LogP contribution in [0.4, 0.5) is 5.69 Å². The molecule has 0 radical (unpaired) electrons. The number of amides is 1. The second kappa shape index (κ2) is 9.90. The highest BCUT2D eigenvalue weighted by Crippen LogP contribution is 2.35. The maximum absolute atomic E-state index is 12.4. The zero-order valence-electron chi connectivity index (χ0n) is 16.8. The van der Waals surface area contributed by atoms with Crippen molar-refractivity contribution in [2.24, 2.45) is 0 Å². The van der Waals surface area contributed by atoms with Crippen molar-refractivity contribution in [1.82, 2.24) is 15.0 Å². The lowest BCUT2D eigenvalue weighted by molar-refractivity contribution is -0.147. The van der Waals surface area contributed by atoms with E-state index in [-0.39, 0.29) is 23.5 Å². The van der Waals surface area contributed by atoms with Gasteiger partial charge in [-0.25, -0.2) is 4.68 Å². The fraction of sp³-hybridized carbons (Fsp3) is 0.250. The average Bonchev–Trinajstić information content (AvgIpc) is 2.77. The van der Waals surface area contributed by atoms with Crippen molar-refractivity contribution in [2.75, 3.05) is 26.1 Å². The van der Waals surface area contributed by atoms with E-state index >= 15 is 0 Å². The number of hydrogen-bond donors (Lipinski definition) is 1. The zero-order chi connectivity index (χ0) is 22.4. The van der Waals surface area contributed by atoms with Gasteiger partial charge in [-0.1, -0.05) is 28.9 Å². The standard InChI is InChI=1S/C20H19ClN4O6/c1-29-16-10-17(30-2)15(9-13(16)21)22-18(26)11-31-19(27)7-8-25-20(28)12-5-3-4-6-14(12)23-24-25/h3-6,9-10H,7-8,11H2,1-2H3,(H,22,26). The Morgan fingerprint density at radius 3 is 2.61 bits per heavy atom. The normalized spacial score (nSPS) is 10.5. The quantitative estimate of drug-likeness (QED) is 0.521. The number of aryl methyl sites for hydroxylation is 1. The Labute approximate surface area is 181 Å². The van der Waals surface area contributed by atoms with Crippen LogP contribution in [-0.2, 0) is 20.9 Å². The van der Waals surface area contributed by atoms with Crippen LogP contribution in [0.3, 0.4) is 0 Å². The first-order chi connectivity index (χ1) is 14.9. The van der Waals surface area contributed by atoms with Crippen LogP contribution in [0.2, 0.25) is 5.02 Å². The molecule has 0 bridgehead atoms. The highest BCUT2D eigenvalue weighted by atomic mass is 35.5. The molecule has 1 aromatic heterocycles. The number of halogens is 1. The van der Waals surface area contributed by atoms with E-state index in [0.29, 0.717) is 28.1 Å². The average molecular weight is 447 g/mol. The smallest absolute Gasteiger partial charge is 0.308 e. The minimum absolute atomic E-state index is 0.0287. The van der Waals surface area contributed by atoms with Gasteiger partial charge in [0.15, 0.2) is 6.61 Å². The number of esters is 1. The van der Waals surface area contributed by atoms with Crippen LogP contribution in [0.1, 0.15) is 6.42 Å². The number of methoxy groups -OCH3 is 2. The molecule has 0 spiro atoms. The Balaban J connectivity index is 1.54. The van der Waals surface area contributed by atoms with E-state index in [1.165, 1.54) is 26.4 Å². The van der Waals surface area contributed by atoms with Crippen LogP contribution < -0.4 is 20.3 Å². The summed E-state index contributed by atoms with van der Waals surface area (Å²) in [6, 6.07) is 9.75. The molecule has 1 heterocycles. The van der Waals surface area contributed by atoms with Crippen LogP contribution in [0.25, 0.3) is 10.9 Å². The van der Waals surface area contributed by atoms with E-state index in [2.05, 4.69) is 15.6 Å². The van der Waals surface area contributed by atoms with Gasteiger partial charge in [-0.15, -0.1) is 5.10 Å².